The fourth-order valence-electron chi connectivity index (χ4n) is 2.50. The number of nitriles is 2. The first-order valence-electron chi connectivity index (χ1n) is 6.35. The molecule has 1 aliphatic rings. The Morgan fingerprint density at radius 2 is 1.94 bits per heavy atom. The summed E-state index contributed by atoms with van der Waals surface area (Å²) < 4.78 is 0. The van der Waals surface area contributed by atoms with Crippen LogP contribution in [0.1, 0.15) is 39.0 Å². The van der Waals surface area contributed by atoms with Gasteiger partial charge in [0.2, 0.25) is 5.91 Å². The molecule has 1 amide bonds. The Hall–Kier alpha value is -1.59. The fraction of sp³-hybridized carbons (Fsp3) is 0.769. The summed E-state index contributed by atoms with van der Waals surface area (Å²) in [4.78, 5) is 14.1. The molecule has 0 spiro atoms. The van der Waals surface area contributed by atoms with Crippen LogP contribution in [0, 0.1) is 28.1 Å². The summed E-state index contributed by atoms with van der Waals surface area (Å²) in [5.74, 6) is -0.00185. The summed E-state index contributed by atoms with van der Waals surface area (Å²) in [6.45, 7) is 2.68. The fourth-order valence-corrected chi connectivity index (χ4v) is 2.50. The van der Waals surface area contributed by atoms with E-state index >= 15 is 0 Å². The summed E-state index contributed by atoms with van der Waals surface area (Å²) in [7, 11) is 0. The minimum atomic E-state index is -0.523. The second-order valence-electron chi connectivity index (χ2n) is 5.02. The van der Waals surface area contributed by atoms with Crippen LogP contribution in [0.2, 0.25) is 0 Å². The average molecular weight is 248 g/mol. The van der Waals surface area contributed by atoms with Crippen LogP contribution in [0.15, 0.2) is 0 Å². The van der Waals surface area contributed by atoms with Gasteiger partial charge in [0.05, 0.1) is 30.4 Å². The van der Waals surface area contributed by atoms with Gasteiger partial charge in [-0.05, 0) is 19.8 Å². The molecule has 0 radical (unpaired) electrons. The summed E-state index contributed by atoms with van der Waals surface area (Å²) in [5, 5.41) is 17.3. The van der Waals surface area contributed by atoms with Crippen LogP contribution in [-0.4, -0.2) is 29.9 Å². The Bertz CT molecular complexity index is 363. The lowest BCUT2D eigenvalue weighted by atomic mass is 9.83. The van der Waals surface area contributed by atoms with Crippen molar-refractivity contribution in [1.29, 1.82) is 10.5 Å². The van der Waals surface area contributed by atoms with Gasteiger partial charge in [-0.2, -0.15) is 10.5 Å². The van der Waals surface area contributed by atoms with Gasteiger partial charge in [0, 0.05) is 19.1 Å². The lowest BCUT2D eigenvalue weighted by molar-refractivity contribution is -0.141. The van der Waals surface area contributed by atoms with Crippen molar-refractivity contribution in [3.05, 3.63) is 0 Å². The van der Waals surface area contributed by atoms with Crippen molar-refractivity contribution in [1.82, 2.24) is 4.90 Å². The molecule has 5 heteroatoms. The first kappa shape index (κ1) is 14.5. The molecular formula is C13H20N4O. The van der Waals surface area contributed by atoms with E-state index in [2.05, 4.69) is 0 Å². The molecule has 0 aromatic rings. The summed E-state index contributed by atoms with van der Waals surface area (Å²) >= 11 is 0. The van der Waals surface area contributed by atoms with Crippen molar-refractivity contribution in [2.45, 2.75) is 45.1 Å². The molecule has 0 aliphatic heterocycles. The van der Waals surface area contributed by atoms with Gasteiger partial charge in [0.25, 0.3) is 0 Å². The number of hydrogen-bond acceptors (Lipinski definition) is 4. The maximum absolute atomic E-state index is 12.5. The van der Waals surface area contributed by atoms with Gasteiger partial charge < -0.3 is 10.6 Å². The zero-order chi connectivity index (χ0) is 13.6. The van der Waals surface area contributed by atoms with Gasteiger partial charge in [-0.3, -0.25) is 4.79 Å². The van der Waals surface area contributed by atoms with E-state index in [1.165, 1.54) is 0 Å². The van der Waals surface area contributed by atoms with E-state index in [-0.39, 0.29) is 11.9 Å². The van der Waals surface area contributed by atoms with E-state index in [1.807, 2.05) is 19.1 Å². The molecule has 18 heavy (non-hydrogen) atoms. The van der Waals surface area contributed by atoms with Crippen molar-refractivity contribution in [3.63, 3.8) is 0 Å². The summed E-state index contributed by atoms with van der Waals surface area (Å²) in [6, 6.07) is 3.96. The third kappa shape index (κ3) is 3.00. The molecule has 0 aromatic carbocycles. The molecule has 1 rings (SSSR count). The molecule has 98 valence electrons. The van der Waals surface area contributed by atoms with E-state index in [4.69, 9.17) is 16.3 Å². The van der Waals surface area contributed by atoms with Crippen LogP contribution in [0.3, 0.4) is 0 Å². The van der Waals surface area contributed by atoms with E-state index < -0.39 is 5.41 Å². The first-order valence-corrected chi connectivity index (χ1v) is 6.35. The van der Waals surface area contributed by atoms with E-state index in [9.17, 15) is 4.79 Å². The number of carbonyl (C=O) groups excluding carboxylic acids is 1. The maximum Gasteiger partial charge on any atom is 0.230 e. The van der Waals surface area contributed by atoms with E-state index in [0.717, 1.165) is 19.3 Å². The third-order valence-electron chi connectivity index (χ3n) is 3.79. The Balaban J connectivity index is 2.75. The number of hydrogen-bond donors (Lipinski definition) is 1. The number of nitrogens with zero attached hydrogens (tertiary/aromatic N) is 3. The molecule has 1 fully saturated rings. The summed E-state index contributed by atoms with van der Waals surface area (Å²) in [6.07, 6.45) is 3.22. The average Bonchev–Trinajstić information content (AvgIpc) is 2.70. The van der Waals surface area contributed by atoms with Crippen LogP contribution in [-0.2, 0) is 4.79 Å². The molecule has 2 unspecified atom stereocenters. The van der Waals surface area contributed by atoms with E-state index in [1.54, 1.807) is 4.90 Å². The van der Waals surface area contributed by atoms with Crippen LogP contribution in [0.25, 0.3) is 0 Å². The quantitative estimate of drug-likeness (QED) is 0.789. The van der Waals surface area contributed by atoms with Crippen molar-refractivity contribution >= 4 is 5.91 Å². The van der Waals surface area contributed by atoms with Crippen molar-refractivity contribution in [3.8, 4) is 12.1 Å². The third-order valence-corrected chi connectivity index (χ3v) is 3.79. The smallest absolute Gasteiger partial charge is 0.230 e. The van der Waals surface area contributed by atoms with Crippen LogP contribution in [0.5, 0.6) is 0 Å². The second-order valence-corrected chi connectivity index (χ2v) is 5.02. The molecule has 1 aliphatic carbocycles. The SMILES string of the molecule is CC1(C(=O)N(CCC#N)CCC#N)CCCC1N. The lowest BCUT2D eigenvalue weighted by Crippen LogP contribution is -2.49. The molecule has 5 nitrogen and oxygen atoms in total. The molecule has 0 aromatic heterocycles. The molecule has 1 saturated carbocycles. The second kappa shape index (κ2) is 6.37. The normalized spacial score (nSPS) is 26.3. The zero-order valence-electron chi connectivity index (χ0n) is 10.9. The van der Waals surface area contributed by atoms with Gasteiger partial charge in [-0.15, -0.1) is 0 Å². The molecule has 2 N–H and O–H groups in total. The minimum Gasteiger partial charge on any atom is -0.340 e. The lowest BCUT2D eigenvalue weighted by Gasteiger charge is -2.34. The predicted octanol–water partition coefficient (Wildman–Crippen LogP) is 1.16. The van der Waals surface area contributed by atoms with Crippen molar-refractivity contribution in [2.24, 2.45) is 11.1 Å². The number of rotatable bonds is 5. The molecular weight excluding hydrogens is 228 g/mol. The highest BCUT2D eigenvalue weighted by Gasteiger charge is 2.44. The molecule has 0 heterocycles. The van der Waals surface area contributed by atoms with Crippen molar-refractivity contribution in [2.75, 3.05) is 13.1 Å². The number of carbonyl (C=O) groups is 1. The van der Waals surface area contributed by atoms with Gasteiger partial charge in [-0.1, -0.05) is 6.42 Å². The van der Waals surface area contributed by atoms with Gasteiger partial charge >= 0.3 is 0 Å². The van der Waals surface area contributed by atoms with E-state index in [0.29, 0.717) is 25.9 Å². The Kier molecular flexibility index (Phi) is 5.12. The monoisotopic (exact) mass is 248 g/mol. The highest BCUT2D eigenvalue weighted by molar-refractivity contribution is 5.83. The minimum absolute atomic E-state index is 0.00185. The van der Waals surface area contributed by atoms with Crippen LogP contribution < -0.4 is 5.73 Å². The van der Waals surface area contributed by atoms with Crippen molar-refractivity contribution < 1.29 is 4.79 Å². The number of nitrogens with two attached hydrogens (primary N) is 1. The Morgan fingerprint density at radius 3 is 2.33 bits per heavy atom. The topological polar surface area (TPSA) is 93.9 Å². The van der Waals surface area contributed by atoms with Gasteiger partial charge in [-0.25, -0.2) is 0 Å². The molecule has 2 atom stereocenters. The first-order chi connectivity index (χ1) is 8.56. The zero-order valence-corrected chi connectivity index (χ0v) is 10.9. The van der Waals surface area contributed by atoms with Gasteiger partial charge in [0.15, 0.2) is 0 Å². The largest absolute Gasteiger partial charge is 0.340 e. The van der Waals surface area contributed by atoms with Gasteiger partial charge in [0.1, 0.15) is 0 Å². The van der Waals surface area contributed by atoms with Crippen LogP contribution in [0.4, 0.5) is 0 Å². The standard InChI is InChI=1S/C13H20N4O/c1-13(6-2-5-11(13)16)12(18)17(9-3-7-14)10-4-8-15/h11H,2-6,9-10,16H2,1H3. The predicted molar refractivity (Wildman–Crippen MR) is 67.0 cm³/mol. The highest BCUT2D eigenvalue weighted by Crippen LogP contribution is 2.38. The van der Waals surface area contributed by atoms with Crippen LogP contribution >= 0.6 is 0 Å². The Morgan fingerprint density at radius 1 is 1.39 bits per heavy atom. The molecule has 0 saturated heterocycles. The maximum atomic E-state index is 12.5. The molecule has 0 bridgehead atoms. The summed E-state index contributed by atoms with van der Waals surface area (Å²) in [5.41, 5.74) is 5.51. The number of amides is 1. The highest BCUT2D eigenvalue weighted by atomic mass is 16.2. The Labute approximate surface area is 108 Å².